The third-order valence-electron chi connectivity index (χ3n) is 2.55. The van der Waals surface area contributed by atoms with E-state index in [0.717, 1.165) is 16.4 Å². The number of rotatable bonds is 5. The van der Waals surface area contributed by atoms with E-state index in [1.807, 2.05) is 0 Å². The summed E-state index contributed by atoms with van der Waals surface area (Å²) in [5.74, 6) is -0.461. The van der Waals surface area contributed by atoms with E-state index >= 15 is 0 Å². The monoisotopic (exact) mass is 321 g/mol. The highest BCUT2D eigenvalue weighted by Gasteiger charge is 2.31. The number of alkyl halides is 3. The van der Waals surface area contributed by atoms with Crippen LogP contribution in [0.15, 0.2) is 34.1 Å². The second kappa shape index (κ2) is 7.19. The molecule has 0 saturated heterocycles. The highest BCUT2D eigenvalue weighted by atomic mass is 32.2. The predicted octanol–water partition coefficient (Wildman–Crippen LogP) is 3.78. The zero-order valence-electron chi connectivity index (χ0n) is 11.0. The van der Waals surface area contributed by atoms with E-state index in [9.17, 15) is 18.0 Å². The van der Waals surface area contributed by atoms with Crippen molar-refractivity contribution in [3.63, 3.8) is 0 Å². The van der Waals surface area contributed by atoms with Gasteiger partial charge < -0.3 is 5.73 Å². The van der Waals surface area contributed by atoms with Gasteiger partial charge in [0.2, 0.25) is 0 Å². The highest BCUT2D eigenvalue weighted by Crippen LogP contribution is 2.32. The topological polar surface area (TPSA) is 43.1 Å². The SMILES string of the molecule is CSC(SC)=C(CN)C(=O)c1cccc(C(F)(F)F)c1. The lowest BCUT2D eigenvalue weighted by Gasteiger charge is -2.11. The first kappa shape index (κ1) is 17.1. The van der Waals surface area contributed by atoms with Crippen LogP contribution in [-0.2, 0) is 6.18 Å². The minimum absolute atomic E-state index is 0.000810. The molecule has 0 unspecified atom stereocenters. The minimum atomic E-state index is -4.47. The Kier molecular flexibility index (Phi) is 6.16. The lowest BCUT2D eigenvalue weighted by Crippen LogP contribution is -2.15. The molecule has 0 spiro atoms. The number of ketones is 1. The highest BCUT2D eigenvalue weighted by molar-refractivity contribution is 8.21. The van der Waals surface area contributed by atoms with E-state index in [1.54, 1.807) is 12.5 Å². The molecule has 0 atom stereocenters. The maximum atomic E-state index is 12.6. The van der Waals surface area contributed by atoms with Crippen LogP contribution in [0.2, 0.25) is 0 Å². The molecule has 0 heterocycles. The van der Waals surface area contributed by atoms with Crippen LogP contribution in [0.25, 0.3) is 0 Å². The van der Waals surface area contributed by atoms with Crippen LogP contribution in [-0.4, -0.2) is 24.8 Å². The fourth-order valence-corrected chi connectivity index (χ4v) is 3.12. The maximum absolute atomic E-state index is 12.6. The minimum Gasteiger partial charge on any atom is -0.326 e. The fourth-order valence-electron chi connectivity index (χ4n) is 1.61. The van der Waals surface area contributed by atoms with Gasteiger partial charge in [0.1, 0.15) is 0 Å². The number of nitrogens with two attached hydrogens (primary N) is 1. The number of hydrogen-bond donors (Lipinski definition) is 1. The number of Topliss-reactive ketones (excluding diaryl/α,β-unsaturated/α-hetero) is 1. The van der Waals surface area contributed by atoms with Gasteiger partial charge in [-0.3, -0.25) is 4.79 Å². The van der Waals surface area contributed by atoms with E-state index in [2.05, 4.69) is 0 Å². The van der Waals surface area contributed by atoms with E-state index in [4.69, 9.17) is 5.73 Å². The normalized spacial score (nSPS) is 11.3. The van der Waals surface area contributed by atoms with E-state index in [0.29, 0.717) is 5.57 Å². The number of benzene rings is 1. The van der Waals surface area contributed by atoms with E-state index in [1.165, 1.54) is 35.7 Å². The van der Waals surface area contributed by atoms with Gasteiger partial charge in [0.05, 0.1) is 5.56 Å². The van der Waals surface area contributed by atoms with Crippen LogP contribution in [0.5, 0.6) is 0 Å². The lowest BCUT2D eigenvalue weighted by atomic mass is 10.0. The third-order valence-corrected chi connectivity index (χ3v) is 4.78. The van der Waals surface area contributed by atoms with Crippen molar-refractivity contribution >= 4 is 29.3 Å². The average Bonchev–Trinajstić information content (AvgIpc) is 2.43. The zero-order chi connectivity index (χ0) is 15.3. The third kappa shape index (κ3) is 4.04. The van der Waals surface area contributed by atoms with Gasteiger partial charge in [0.15, 0.2) is 5.78 Å². The quantitative estimate of drug-likeness (QED) is 0.662. The van der Waals surface area contributed by atoms with Crippen molar-refractivity contribution in [1.82, 2.24) is 0 Å². The molecule has 1 aromatic carbocycles. The second-order valence-corrected chi connectivity index (χ2v) is 5.68. The van der Waals surface area contributed by atoms with E-state index in [-0.39, 0.29) is 12.1 Å². The summed E-state index contributed by atoms with van der Waals surface area (Å²) in [6, 6.07) is 4.39. The smallest absolute Gasteiger partial charge is 0.326 e. The standard InChI is InChI=1S/C13H14F3NOS2/c1-19-12(20-2)10(7-17)11(18)8-4-3-5-9(6-8)13(14,15)16/h3-6H,7,17H2,1-2H3. The van der Waals surface area contributed by atoms with Gasteiger partial charge in [-0.05, 0) is 24.6 Å². The van der Waals surface area contributed by atoms with Gasteiger partial charge in [0, 0.05) is 21.9 Å². The molecule has 0 aliphatic rings. The molecule has 1 aromatic rings. The van der Waals surface area contributed by atoms with Crippen molar-refractivity contribution in [2.24, 2.45) is 5.73 Å². The summed E-state index contributed by atoms with van der Waals surface area (Å²) >= 11 is 2.71. The van der Waals surface area contributed by atoms with Crippen LogP contribution in [0.4, 0.5) is 13.2 Å². The number of hydrogen-bond acceptors (Lipinski definition) is 4. The van der Waals surface area contributed by atoms with Crippen LogP contribution in [0.3, 0.4) is 0 Å². The second-order valence-electron chi connectivity index (χ2n) is 3.79. The zero-order valence-corrected chi connectivity index (χ0v) is 12.6. The molecule has 2 nitrogen and oxygen atoms in total. The molecule has 0 saturated carbocycles. The van der Waals surface area contributed by atoms with Crippen molar-refractivity contribution in [3.05, 3.63) is 45.2 Å². The number of carbonyl (C=O) groups excluding carboxylic acids is 1. The van der Waals surface area contributed by atoms with Gasteiger partial charge in [0.25, 0.3) is 0 Å². The Hall–Kier alpha value is -0.920. The Morgan fingerprint density at radius 1 is 1.25 bits per heavy atom. The summed E-state index contributed by atoms with van der Waals surface area (Å²) in [5.41, 5.74) is 5.06. The number of thioether (sulfide) groups is 2. The average molecular weight is 321 g/mol. The molecular formula is C13H14F3NOS2. The van der Waals surface area contributed by atoms with Crippen molar-refractivity contribution in [1.29, 1.82) is 0 Å². The van der Waals surface area contributed by atoms with Crippen molar-refractivity contribution in [2.45, 2.75) is 6.18 Å². The van der Waals surface area contributed by atoms with Gasteiger partial charge in [-0.15, -0.1) is 23.5 Å². The Morgan fingerprint density at radius 3 is 2.30 bits per heavy atom. The van der Waals surface area contributed by atoms with Crippen molar-refractivity contribution in [2.75, 3.05) is 19.1 Å². The summed E-state index contributed by atoms with van der Waals surface area (Å²) in [4.78, 5) is 12.3. The Balaban J connectivity index is 3.24. The molecular weight excluding hydrogens is 307 g/mol. The van der Waals surface area contributed by atoms with Gasteiger partial charge >= 0.3 is 6.18 Å². The fraction of sp³-hybridized carbons (Fsp3) is 0.308. The molecule has 0 aromatic heterocycles. The van der Waals surface area contributed by atoms with Crippen molar-refractivity contribution < 1.29 is 18.0 Å². The molecule has 0 radical (unpaired) electrons. The summed E-state index contributed by atoms with van der Waals surface area (Å²) in [7, 11) is 0. The van der Waals surface area contributed by atoms with Gasteiger partial charge in [-0.2, -0.15) is 13.2 Å². The van der Waals surface area contributed by atoms with Gasteiger partial charge in [-0.25, -0.2) is 0 Å². The summed E-state index contributed by atoms with van der Waals surface area (Å²) in [5, 5.41) is 0. The number of halogens is 3. The molecule has 20 heavy (non-hydrogen) atoms. The van der Waals surface area contributed by atoms with Crippen LogP contribution in [0, 0.1) is 0 Å². The first-order chi connectivity index (χ1) is 9.35. The molecule has 0 aliphatic carbocycles. The summed E-state index contributed by atoms with van der Waals surface area (Å²) in [6.45, 7) is -0.00785. The summed E-state index contributed by atoms with van der Waals surface area (Å²) < 4.78 is 38.7. The maximum Gasteiger partial charge on any atom is 0.416 e. The summed E-state index contributed by atoms with van der Waals surface area (Å²) in [6.07, 6.45) is -0.882. The van der Waals surface area contributed by atoms with Crippen molar-refractivity contribution in [3.8, 4) is 0 Å². The molecule has 2 N–H and O–H groups in total. The molecule has 0 amide bonds. The molecule has 0 fully saturated rings. The molecule has 1 rings (SSSR count). The molecule has 7 heteroatoms. The largest absolute Gasteiger partial charge is 0.416 e. The Bertz CT molecular complexity index is 521. The van der Waals surface area contributed by atoms with Crippen LogP contribution in [0.1, 0.15) is 15.9 Å². The van der Waals surface area contributed by atoms with Crippen LogP contribution < -0.4 is 5.73 Å². The molecule has 110 valence electrons. The predicted molar refractivity (Wildman–Crippen MR) is 78.9 cm³/mol. The van der Waals surface area contributed by atoms with Crippen LogP contribution >= 0.6 is 23.5 Å². The first-order valence-electron chi connectivity index (χ1n) is 5.58. The first-order valence-corrected chi connectivity index (χ1v) is 8.03. The Labute approximate surface area is 124 Å². The molecule has 0 bridgehead atoms. The Morgan fingerprint density at radius 2 is 1.85 bits per heavy atom. The molecule has 0 aliphatic heterocycles. The van der Waals surface area contributed by atoms with E-state index < -0.39 is 17.5 Å². The number of carbonyl (C=O) groups is 1. The van der Waals surface area contributed by atoms with Gasteiger partial charge in [-0.1, -0.05) is 12.1 Å². The lowest BCUT2D eigenvalue weighted by molar-refractivity contribution is -0.137.